The second-order valence-corrected chi connectivity index (χ2v) is 6.30. The predicted molar refractivity (Wildman–Crippen MR) is 83.3 cm³/mol. The molecule has 1 fully saturated rings. The number of hydrogen-bond acceptors (Lipinski definition) is 5. The van der Waals surface area contributed by atoms with Crippen molar-refractivity contribution in [3.8, 4) is 0 Å². The molecule has 0 spiro atoms. The average Bonchev–Trinajstić information content (AvgIpc) is 2.40. The van der Waals surface area contributed by atoms with Gasteiger partial charge in [-0.05, 0) is 52.3 Å². The maximum atomic E-state index is 12.5. The number of piperidine rings is 1. The van der Waals surface area contributed by atoms with E-state index in [0.717, 1.165) is 25.9 Å². The molecule has 1 saturated heterocycles. The fourth-order valence-corrected chi connectivity index (χ4v) is 2.33. The van der Waals surface area contributed by atoms with E-state index in [1.54, 1.807) is 23.2 Å². The number of amides is 1. The van der Waals surface area contributed by atoms with Crippen molar-refractivity contribution in [2.45, 2.75) is 45.3 Å². The minimum atomic E-state index is -0.536. The molecule has 3 N–H and O–H groups in total. The van der Waals surface area contributed by atoms with Gasteiger partial charge in [0.2, 0.25) is 0 Å². The number of hydrogen-bond donors (Lipinski definition) is 2. The van der Waals surface area contributed by atoms with Crippen molar-refractivity contribution in [3.05, 3.63) is 18.3 Å². The summed E-state index contributed by atoms with van der Waals surface area (Å²) in [6.07, 6.45) is 3.15. The Hall–Kier alpha value is -1.82. The van der Waals surface area contributed by atoms with E-state index in [1.807, 2.05) is 20.8 Å². The van der Waals surface area contributed by atoms with Gasteiger partial charge in [0.1, 0.15) is 11.4 Å². The van der Waals surface area contributed by atoms with Crippen LogP contribution in [0, 0.1) is 0 Å². The van der Waals surface area contributed by atoms with E-state index >= 15 is 0 Å². The van der Waals surface area contributed by atoms with Gasteiger partial charge in [0.15, 0.2) is 0 Å². The Morgan fingerprint density at radius 3 is 2.76 bits per heavy atom. The van der Waals surface area contributed by atoms with Gasteiger partial charge in [0.05, 0.1) is 17.9 Å². The Balaban J connectivity index is 2.24. The molecule has 21 heavy (non-hydrogen) atoms. The molecule has 0 aliphatic carbocycles. The van der Waals surface area contributed by atoms with E-state index < -0.39 is 5.60 Å². The number of nitrogen functional groups attached to an aromatic ring is 1. The minimum absolute atomic E-state index is 0.0460. The number of nitrogens with two attached hydrogens (primary N) is 1. The smallest absolute Gasteiger partial charge is 0.416 e. The summed E-state index contributed by atoms with van der Waals surface area (Å²) in [6, 6.07) is 3.55. The highest BCUT2D eigenvalue weighted by Crippen LogP contribution is 2.22. The lowest BCUT2D eigenvalue weighted by molar-refractivity contribution is 0.0559. The lowest BCUT2D eigenvalue weighted by Gasteiger charge is -2.35. The van der Waals surface area contributed by atoms with Crippen LogP contribution < -0.4 is 16.0 Å². The first-order valence-corrected chi connectivity index (χ1v) is 7.31. The highest BCUT2D eigenvalue weighted by molar-refractivity contribution is 5.87. The topological polar surface area (TPSA) is 80.5 Å². The molecule has 6 nitrogen and oxygen atoms in total. The standard InChI is InChI=1S/C15H24N4O2/c1-15(2,3)21-14(20)19(12-5-4-8-17-10-12)13-7-6-11(16)9-18-13/h6-7,9,12,17H,4-5,8,10,16H2,1-3H3. The highest BCUT2D eigenvalue weighted by atomic mass is 16.6. The molecule has 0 radical (unpaired) electrons. The van der Waals surface area contributed by atoms with Crippen molar-refractivity contribution in [2.75, 3.05) is 23.7 Å². The Kier molecular flexibility index (Phi) is 4.67. The first-order chi connectivity index (χ1) is 9.87. The maximum absolute atomic E-state index is 12.5. The SMILES string of the molecule is CC(C)(C)OC(=O)N(c1ccc(N)cn1)C1CCCNC1. The van der Waals surface area contributed by atoms with E-state index in [-0.39, 0.29) is 12.1 Å². The lowest BCUT2D eigenvalue weighted by atomic mass is 10.1. The molecule has 2 rings (SSSR count). The lowest BCUT2D eigenvalue weighted by Crippen LogP contribution is -2.50. The molecule has 1 aromatic rings. The number of carbonyl (C=O) groups excluding carboxylic acids is 1. The number of pyridine rings is 1. The van der Waals surface area contributed by atoms with Crippen molar-refractivity contribution in [3.63, 3.8) is 0 Å². The summed E-state index contributed by atoms with van der Waals surface area (Å²) in [6.45, 7) is 7.30. The summed E-state index contributed by atoms with van der Waals surface area (Å²) >= 11 is 0. The second-order valence-electron chi connectivity index (χ2n) is 6.30. The molecule has 1 aliphatic heterocycles. The average molecular weight is 292 g/mol. The second kappa shape index (κ2) is 6.30. The van der Waals surface area contributed by atoms with Crippen LogP contribution in [0.25, 0.3) is 0 Å². The number of aromatic nitrogens is 1. The number of nitrogens with zero attached hydrogens (tertiary/aromatic N) is 2. The van der Waals surface area contributed by atoms with Crippen LogP contribution in [0.5, 0.6) is 0 Å². The van der Waals surface area contributed by atoms with E-state index in [9.17, 15) is 4.79 Å². The third-order valence-corrected chi connectivity index (χ3v) is 3.24. The van der Waals surface area contributed by atoms with Crippen LogP contribution in [0.1, 0.15) is 33.6 Å². The van der Waals surface area contributed by atoms with Crippen LogP contribution in [0.2, 0.25) is 0 Å². The van der Waals surface area contributed by atoms with E-state index in [2.05, 4.69) is 10.3 Å². The summed E-state index contributed by atoms with van der Waals surface area (Å²) in [4.78, 5) is 18.5. The van der Waals surface area contributed by atoms with Gasteiger partial charge in [-0.3, -0.25) is 4.90 Å². The fraction of sp³-hybridized carbons (Fsp3) is 0.600. The van der Waals surface area contributed by atoms with Gasteiger partial charge in [-0.25, -0.2) is 9.78 Å². The van der Waals surface area contributed by atoms with Crippen LogP contribution in [0.3, 0.4) is 0 Å². The molecular formula is C15H24N4O2. The number of nitrogens with one attached hydrogen (secondary N) is 1. The minimum Gasteiger partial charge on any atom is -0.443 e. The molecule has 1 atom stereocenters. The van der Waals surface area contributed by atoms with Gasteiger partial charge in [0, 0.05) is 6.54 Å². The zero-order chi connectivity index (χ0) is 15.5. The van der Waals surface area contributed by atoms with Crippen molar-refractivity contribution in [1.29, 1.82) is 0 Å². The molecule has 1 unspecified atom stereocenters. The van der Waals surface area contributed by atoms with Crippen LogP contribution in [0.4, 0.5) is 16.3 Å². The third-order valence-electron chi connectivity index (χ3n) is 3.24. The van der Waals surface area contributed by atoms with Gasteiger partial charge in [-0.2, -0.15) is 0 Å². The van der Waals surface area contributed by atoms with E-state index in [1.165, 1.54) is 0 Å². The van der Waals surface area contributed by atoms with Crippen molar-refractivity contribution in [2.24, 2.45) is 0 Å². The zero-order valence-corrected chi connectivity index (χ0v) is 12.9. The van der Waals surface area contributed by atoms with Crippen molar-refractivity contribution in [1.82, 2.24) is 10.3 Å². The first kappa shape index (κ1) is 15.6. The first-order valence-electron chi connectivity index (χ1n) is 7.31. The molecule has 0 saturated carbocycles. The summed E-state index contributed by atoms with van der Waals surface area (Å²) in [7, 11) is 0. The van der Waals surface area contributed by atoms with Crippen LogP contribution in [-0.4, -0.2) is 35.8 Å². The van der Waals surface area contributed by atoms with Gasteiger partial charge in [-0.1, -0.05) is 0 Å². The number of anilines is 2. The Morgan fingerprint density at radius 2 is 2.24 bits per heavy atom. The molecule has 6 heteroatoms. The van der Waals surface area contributed by atoms with Gasteiger partial charge in [-0.15, -0.1) is 0 Å². The Labute approximate surface area is 125 Å². The molecular weight excluding hydrogens is 268 g/mol. The number of carbonyl (C=O) groups is 1. The monoisotopic (exact) mass is 292 g/mol. The van der Waals surface area contributed by atoms with E-state index in [4.69, 9.17) is 10.5 Å². The quantitative estimate of drug-likeness (QED) is 0.873. The molecule has 2 heterocycles. The summed E-state index contributed by atoms with van der Waals surface area (Å²) in [5.74, 6) is 0.576. The number of ether oxygens (including phenoxy) is 1. The Bertz CT molecular complexity index is 475. The van der Waals surface area contributed by atoms with Crippen molar-refractivity contribution >= 4 is 17.6 Å². The summed E-state index contributed by atoms with van der Waals surface area (Å²) in [5.41, 5.74) is 5.71. The van der Waals surface area contributed by atoms with Gasteiger partial charge in [0.25, 0.3) is 0 Å². The third kappa shape index (κ3) is 4.32. The molecule has 0 bridgehead atoms. The predicted octanol–water partition coefficient (Wildman–Crippen LogP) is 2.16. The maximum Gasteiger partial charge on any atom is 0.416 e. The van der Waals surface area contributed by atoms with Crippen LogP contribution >= 0.6 is 0 Å². The molecule has 1 aromatic heterocycles. The highest BCUT2D eigenvalue weighted by Gasteiger charge is 2.31. The largest absolute Gasteiger partial charge is 0.443 e. The normalized spacial score (nSPS) is 19.1. The van der Waals surface area contributed by atoms with Crippen LogP contribution in [0.15, 0.2) is 18.3 Å². The molecule has 1 amide bonds. The summed E-state index contributed by atoms with van der Waals surface area (Å²) < 4.78 is 5.53. The van der Waals surface area contributed by atoms with E-state index in [0.29, 0.717) is 11.5 Å². The fourth-order valence-electron chi connectivity index (χ4n) is 2.33. The van der Waals surface area contributed by atoms with Crippen LogP contribution in [-0.2, 0) is 4.74 Å². The van der Waals surface area contributed by atoms with Gasteiger partial charge < -0.3 is 15.8 Å². The Morgan fingerprint density at radius 1 is 1.48 bits per heavy atom. The number of rotatable bonds is 2. The zero-order valence-electron chi connectivity index (χ0n) is 12.9. The van der Waals surface area contributed by atoms with Crippen molar-refractivity contribution < 1.29 is 9.53 Å². The molecule has 116 valence electrons. The van der Waals surface area contributed by atoms with Gasteiger partial charge >= 0.3 is 6.09 Å². The molecule has 1 aliphatic rings. The summed E-state index contributed by atoms with van der Waals surface area (Å²) in [5, 5.41) is 3.31. The molecule has 0 aromatic carbocycles.